The van der Waals surface area contributed by atoms with E-state index >= 15 is 0 Å². The van der Waals surface area contributed by atoms with Gasteiger partial charge >= 0.3 is 0 Å². The van der Waals surface area contributed by atoms with Crippen LogP contribution < -0.4 is 5.32 Å². The Morgan fingerprint density at radius 2 is 2.15 bits per heavy atom. The fourth-order valence-electron chi connectivity index (χ4n) is 3.76. The summed E-state index contributed by atoms with van der Waals surface area (Å²) in [5.74, 6) is 1.36. The van der Waals surface area contributed by atoms with Crippen LogP contribution in [0.3, 0.4) is 0 Å². The number of hydrogen-bond acceptors (Lipinski definition) is 3. The highest BCUT2D eigenvalue weighted by atomic mass is 19.1. The standard InChI is InChI=1S/C21H32FN3O2/c1-3-23-20(25-11-8-17(14-25)15-27-13-12-26-2)24-16-21(9-10-21)18-6-4-5-7-19(18)22/h4-7,17H,3,8-16H2,1-2H3,(H,23,24). The molecule has 1 saturated heterocycles. The third-order valence-corrected chi connectivity index (χ3v) is 5.54. The monoisotopic (exact) mass is 377 g/mol. The molecule has 1 saturated carbocycles. The Hall–Kier alpha value is -1.66. The molecular weight excluding hydrogens is 345 g/mol. The molecule has 1 heterocycles. The smallest absolute Gasteiger partial charge is 0.193 e. The van der Waals surface area contributed by atoms with Crippen molar-refractivity contribution in [1.82, 2.24) is 10.2 Å². The number of nitrogens with zero attached hydrogens (tertiary/aromatic N) is 2. The molecule has 1 aliphatic carbocycles. The molecule has 1 N–H and O–H groups in total. The van der Waals surface area contributed by atoms with Crippen molar-refractivity contribution < 1.29 is 13.9 Å². The maximum absolute atomic E-state index is 14.2. The molecule has 0 radical (unpaired) electrons. The van der Waals surface area contributed by atoms with Gasteiger partial charge in [0.15, 0.2) is 5.96 Å². The summed E-state index contributed by atoms with van der Waals surface area (Å²) in [7, 11) is 1.69. The second kappa shape index (κ2) is 9.51. The maximum atomic E-state index is 14.2. The molecule has 5 nitrogen and oxygen atoms in total. The molecule has 0 aromatic heterocycles. The molecule has 1 unspecified atom stereocenters. The summed E-state index contributed by atoms with van der Waals surface area (Å²) >= 11 is 0. The summed E-state index contributed by atoms with van der Waals surface area (Å²) in [4.78, 5) is 7.21. The number of halogens is 1. The number of aliphatic imine (C=N–C) groups is 1. The number of ether oxygens (including phenoxy) is 2. The molecule has 150 valence electrons. The van der Waals surface area contributed by atoms with Gasteiger partial charge in [0.25, 0.3) is 0 Å². The third kappa shape index (κ3) is 5.20. The predicted octanol–water partition coefficient (Wildman–Crippen LogP) is 2.81. The number of nitrogens with one attached hydrogen (secondary N) is 1. The third-order valence-electron chi connectivity index (χ3n) is 5.54. The molecule has 1 aromatic rings. The van der Waals surface area contributed by atoms with Crippen molar-refractivity contribution >= 4 is 5.96 Å². The lowest BCUT2D eigenvalue weighted by Crippen LogP contribution is -2.40. The maximum Gasteiger partial charge on any atom is 0.193 e. The lowest BCUT2D eigenvalue weighted by molar-refractivity contribution is 0.0536. The highest BCUT2D eigenvalue weighted by Crippen LogP contribution is 2.49. The highest BCUT2D eigenvalue weighted by Gasteiger charge is 2.46. The van der Waals surface area contributed by atoms with Gasteiger partial charge in [-0.2, -0.15) is 0 Å². The normalized spacial score (nSPS) is 21.5. The zero-order valence-corrected chi connectivity index (χ0v) is 16.5. The Bertz CT molecular complexity index is 634. The quantitative estimate of drug-likeness (QED) is 0.408. The Kier molecular flexibility index (Phi) is 7.07. The van der Waals surface area contributed by atoms with E-state index in [2.05, 4.69) is 17.1 Å². The van der Waals surface area contributed by atoms with E-state index in [1.807, 2.05) is 12.1 Å². The lowest BCUT2D eigenvalue weighted by atomic mass is 9.95. The van der Waals surface area contributed by atoms with Crippen LogP contribution in [0, 0.1) is 11.7 Å². The van der Waals surface area contributed by atoms with E-state index in [4.69, 9.17) is 14.5 Å². The van der Waals surface area contributed by atoms with Gasteiger partial charge in [-0.15, -0.1) is 0 Å². The lowest BCUT2D eigenvalue weighted by Gasteiger charge is -2.23. The molecule has 0 bridgehead atoms. The Morgan fingerprint density at radius 1 is 1.33 bits per heavy atom. The minimum atomic E-state index is -0.117. The fourth-order valence-corrected chi connectivity index (χ4v) is 3.76. The van der Waals surface area contributed by atoms with Crippen molar-refractivity contribution in [3.63, 3.8) is 0 Å². The van der Waals surface area contributed by atoms with Crippen LogP contribution in [0.1, 0.15) is 31.7 Å². The van der Waals surface area contributed by atoms with Gasteiger partial charge in [0, 0.05) is 38.1 Å². The highest BCUT2D eigenvalue weighted by molar-refractivity contribution is 5.80. The molecule has 6 heteroatoms. The predicted molar refractivity (Wildman–Crippen MR) is 106 cm³/mol. The van der Waals surface area contributed by atoms with E-state index in [9.17, 15) is 4.39 Å². The average molecular weight is 378 g/mol. The summed E-state index contributed by atoms with van der Waals surface area (Å²) in [5.41, 5.74) is 0.699. The minimum Gasteiger partial charge on any atom is -0.382 e. The molecule has 0 amide bonds. The van der Waals surface area contributed by atoms with Crippen LogP contribution in [0.5, 0.6) is 0 Å². The van der Waals surface area contributed by atoms with Crippen molar-refractivity contribution in [3.8, 4) is 0 Å². The average Bonchev–Trinajstić information content (AvgIpc) is 3.31. The molecule has 1 aliphatic heterocycles. The summed E-state index contributed by atoms with van der Waals surface area (Å²) in [6.07, 6.45) is 3.12. The number of methoxy groups -OCH3 is 1. The van der Waals surface area contributed by atoms with Crippen LogP contribution in [0.15, 0.2) is 29.3 Å². The van der Waals surface area contributed by atoms with Gasteiger partial charge in [-0.05, 0) is 37.8 Å². The molecular formula is C21H32FN3O2. The van der Waals surface area contributed by atoms with E-state index in [1.165, 1.54) is 0 Å². The van der Waals surface area contributed by atoms with Crippen LogP contribution in [-0.2, 0) is 14.9 Å². The van der Waals surface area contributed by atoms with Gasteiger partial charge < -0.3 is 19.7 Å². The van der Waals surface area contributed by atoms with Crippen molar-refractivity contribution in [2.45, 2.75) is 31.6 Å². The van der Waals surface area contributed by atoms with Crippen LogP contribution in [0.2, 0.25) is 0 Å². The first-order valence-electron chi connectivity index (χ1n) is 10.0. The van der Waals surface area contributed by atoms with Gasteiger partial charge in [-0.1, -0.05) is 18.2 Å². The number of rotatable bonds is 9. The zero-order chi connectivity index (χ0) is 19.1. The summed E-state index contributed by atoms with van der Waals surface area (Å²) in [6.45, 7) is 7.53. The van der Waals surface area contributed by atoms with Gasteiger partial charge in [0.2, 0.25) is 0 Å². The molecule has 27 heavy (non-hydrogen) atoms. The summed E-state index contributed by atoms with van der Waals surface area (Å²) in [5, 5.41) is 3.41. The summed E-state index contributed by atoms with van der Waals surface area (Å²) in [6, 6.07) is 7.14. The van der Waals surface area contributed by atoms with Crippen molar-refractivity contribution in [2.24, 2.45) is 10.9 Å². The first kappa shape index (κ1) is 20.1. The van der Waals surface area contributed by atoms with Crippen LogP contribution >= 0.6 is 0 Å². The second-order valence-corrected chi connectivity index (χ2v) is 7.60. The zero-order valence-electron chi connectivity index (χ0n) is 16.5. The first-order valence-corrected chi connectivity index (χ1v) is 10.0. The van der Waals surface area contributed by atoms with E-state index in [-0.39, 0.29) is 11.2 Å². The fraction of sp³-hybridized carbons (Fsp3) is 0.667. The van der Waals surface area contributed by atoms with Crippen molar-refractivity contribution in [3.05, 3.63) is 35.6 Å². The van der Waals surface area contributed by atoms with Gasteiger partial charge in [-0.3, -0.25) is 4.99 Å². The van der Waals surface area contributed by atoms with E-state index < -0.39 is 0 Å². The van der Waals surface area contributed by atoms with Crippen LogP contribution in [0.25, 0.3) is 0 Å². The van der Waals surface area contributed by atoms with E-state index in [0.717, 1.165) is 57.0 Å². The summed E-state index contributed by atoms with van der Waals surface area (Å²) < 4.78 is 24.9. The van der Waals surface area contributed by atoms with Gasteiger partial charge in [0.1, 0.15) is 5.82 Å². The number of hydrogen-bond donors (Lipinski definition) is 1. The molecule has 0 spiro atoms. The molecule has 1 atom stereocenters. The molecule has 1 aromatic carbocycles. The Balaban J connectivity index is 1.58. The first-order chi connectivity index (χ1) is 13.2. The van der Waals surface area contributed by atoms with Gasteiger partial charge in [0.05, 0.1) is 26.4 Å². The Morgan fingerprint density at radius 3 is 2.85 bits per heavy atom. The molecule has 2 fully saturated rings. The minimum absolute atomic E-state index is 0.107. The number of benzene rings is 1. The van der Waals surface area contributed by atoms with E-state index in [0.29, 0.717) is 25.7 Å². The Labute approximate surface area is 161 Å². The van der Waals surface area contributed by atoms with Gasteiger partial charge in [-0.25, -0.2) is 4.39 Å². The SMILES string of the molecule is CCNC(=NCC1(c2ccccc2F)CC1)N1CCC(COCCOC)C1. The van der Waals surface area contributed by atoms with Crippen molar-refractivity contribution in [1.29, 1.82) is 0 Å². The van der Waals surface area contributed by atoms with Crippen molar-refractivity contribution in [2.75, 3.05) is 53.1 Å². The molecule has 2 aliphatic rings. The topological polar surface area (TPSA) is 46.1 Å². The number of guanidine groups is 1. The largest absolute Gasteiger partial charge is 0.382 e. The van der Waals surface area contributed by atoms with E-state index in [1.54, 1.807) is 19.2 Å². The number of likely N-dealkylation sites (tertiary alicyclic amines) is 1. The molecule has 3 rings (SSSR count). The second-order valence-electron chi connectivity index (χ2n) is 7.60. The van der Waals surface area contributed by atoms with Crippen LogP contribution in [-0.4, -0.2) is 64.0 Å². The van der Waals surface area contributed by atoms with Crippen LogP contribution in [0.4, 0.5) is 4.39 Å².